The van der Waals surface area contributed by atoms with Crippen LogP contribution in [0.3, 0.4) is 0 Å². The first-order chi connectivity index (χ1) is 6.25. The molecule has 0 saturated heterocycles. The highest BCUT2D eigenvalue weighted by atomic mass is 35.5. The van der Waals surface area contributed by atoms with E-state index in [4.69, 9.17) is 11.9 Å². The molecule has 0 aromatic heterocycles. The van der Waals surface area contributed by atoms with Gasteiger partial charge in [0.25, 0.3) is 0 Å². The summed E-state index contributed by atoms with van der Waals surface area (Å²) in [5.74, 6) is 3.19. The van der Waals surface area contributed by atoms with E-state index in [-0.39, 0.29) is 0 Å². The van der Waals surface area contributed by atoms with Gasteiger partial charge in [-0.2, -0.15) is 0 Å². The highest BCUT2D eigenvalue weighted by Crippen LogP contribution is 2.77. The van der Waals surface area contributed by atoms with Gasteiger partial charge in [-0.1, -0.05) is 6.92 Å². The molecule has 3 saturated carbocycles. The SMILES string of the molecule is CC12CC(SOCl)CCC3CC1C32. The second-order valence-electron chi connectivity index (χ2n) is 5.20. The van der Waals surface area contributed by atoms with Crippen LogP contribution in [0.15, 0.2) is 0 Å². The fraction of sp³-hybridized carbons (Fsp3) is 1.00. The van der Waals surface area contributed by atoms with Crippen molar-refractivity contribution < 1.29 is 3.74 Å². The summed E-state index contributed by atoms with van der Waals surface area (Å²) < 4.78 is 4.69. The lowest BCUT2D eigenvalue weighted by atomic mass is 9.82. The van der Waals surface area contributed by atoms with E-state index in [1.165, 1.54) is 37.7 Å². The molecule has 0 heterocycles. The molecule has 0 aromatic rings. The second-order valence-corrected chi connectivity index (χ2v) is 6.56. The van der Waals surface area contributed by atoms with E-state index < -0.39 is 0 Å². The highest BCUT2D eigenvalue weighted by molar-refractivity contribution is 7.95. The van der Waals surface area contributed by atoms with Crippen LogP contribution in [0.2, 0.25) is 0 Å². The molecule has 3 aliphatic rings. The minimum Gasteiger partial charge on any atom is -0.207 e. The maximum absolute atomic E-state index is 5.31. The lowest BCUT2D eigenvalue weighted by Gasteiger charge is -2.25. The normalized spacial score (nSPS) is 57.7. The van der Waals surface area contributed by atoms with E-state index in [1.807, 2.05) is 0 Å². The quantitative estimate of drug-likeness (QED) is 0.655. The van der Waals surface area contributed by atoms with Crippen LogP contribution in [-0.4, -0.2) is 5.25 Å². The van der Waals surface area contributed by atoms with Gasteiger partial charge in [0.1, 0.15) is 0 Å². The van der Waals surface area contributed by atoms with E-state index in [1.54, 1.807) is 0 Å². The summed E-state index contributed by atoms with van der Waals surface area (Å²) >= 11 is 6.79. The van der Waals surface area contributed by atoms with Crippen molar-refractivity contribution in [3.05, 3.63) is 0 Å². The largest absolute Gasteiger partial charge is 0.207 e. The Morgan fingerprint density at radius 1 is 1.46 bits per heavy atom. The van der Waals surface area contributed by atoms with E-state index in [2.05, 4.69) is 10.7 Å². The zero-order chi connectivity index (χ0) is 9.05. The van der Waals surface area contributed by atoms with E-state index in [0.717, 1.165) is 17.8 Å². The predicted molar refractivity (Wildman–Crippen MR) is 55.4 cm³/mol. The summed E-state index contributed by atoms with van der Waals surface area (Å²) in [6.07, 6.45) is 5.56. The van der Waals surface area contributed by atoms with Crippen LogP contribution >= 0.6 is 23.9 Å². The Kier molecular flexibility index (Phi) is 1.91. The average molecular weight is 219 g/mol. The molecule has 0 spiro atoms. The maximum atomic E-state index is 5.31. The van der Waals surface area contributed by atoms with Crippen molar-refractivity contribution in [1.29, 1.82) is 0 Å². The van der Waals surface area contributed by atoms with Crippen molar-refractivity contribution in [2.75, 3.05) is 0 Å². The molecule has 5 unspecified atom stereocenters. The molecule has 3 rings (SSSR count). The van der Waals surface area contributed by atoms with Gasteiger partial charge in [0, 0.05) is 17.3 Å². The van der Waals surface area contributed by atoms with Crippen molar-refractivity contribution in [2.24, 2.45) is 23.2 Å². The monoisotopic (exact) mass is 218 g/mol. The molecule has 13 heavy (non-hydrogen) atoms. The van der Waals surface area contributed by atoms with Gasteiger partial charge < -0.3 is 0 Å². The Hall–Kier alpha value is 0.600. The van der Waals surface area contributed by atoms with Crippen LogP contribution in [0.4, 0.5) is 0 Å². The lowest BCUT2D eigenvalue weighted by Crippen LogP contribution is -2.17. The molecule has 3 fully saturated rings. The fourth-order valence-corrected chi connectivity index (χ4v) is 5.04. The van der Waals surface area contributed by atoms with Crippen molar-refractivity contribution in [1.82, 2.24) is 0 Å². The summed E-state index contributed by atoms with van der Waals surface area (Å²) in [5.41, 5.74) is 0.675. The summed E-state index contributed by atoms with van der Waals surface area (Å²) in [4.78, 5) is 0. The molecule has 0 N–H and O–H groups in total. The van der Waals surface area contributed by atoms with Crippen LogP contribution < -0.4 is 0 Å². The Labute approximate surface area is 88.9 Å². The van der Waals surface area contributed by atoms with Gasteiger partial charge in [-0.3, -0.25) is 0 Å². The number of fused-ring (bicyclic) bond motifs is 1. The lowest BCUT2D eigenvalue weighted by molar-refractivity contribution is 0.266. The summed E-state index contributed by atoms with van der Waals surface area (Å²) in [5, 5.41) is 0.653. The van der Waals surface area contributed by atoms with E-state index in [9.17, 15) is 0 Å². The minimum absolute atomic E-state index is 0.653. The second kappa shape index (κ2) is 2.80. The molecule has 0 aliphatic heterocycles. The van der Waals surface area contributed by atoms with Crippen molar-refractivity contribution in [3.8, 4) is 0 Å². The minimum atomic E-state index is 0.653. The number of hydrogen-bond acceptors (Lipinski definition) is 2. The molecule has 0 amide bonds. The van der Waals surface area contributed by atoms with Gasteiger partial charge >= 0.3 is 0 Å². The van der Waals surface area contributed by atoms with Crippen LogP contribution in [0.25, 0.3) is 0 Å². The zero-order valence-corrected chi connectivity index (χ0v) is 9.40. The van der Waals surface area contributed by atoms with Gasteiger partial charge in [-0.15, -0.1) is 0 Å². The zero-order valence-electron chi connectivity index (χ0n) is 7.83. The summed E-state index contributed by atoms with van der Waals surface area (Å²) in [7, 11) is 0. The standard InChI is InChI=1S/C10H15ClOS/c1-10-5-7(13-12-11)3-2-6-4-8(10)9(6)10/h6-9H,2-5H2,1H3. The Morgan fingerprint density at radius 2 is 2.31 bits per heavy atom. The molecule has 1 nitrogen and oxygen atoms in total. The Bertz CT molecular complexity index is 235. The summed E-state index contributed by atoms with van der Waals surface area (Å²) in [6.45, 7) is 2.47. The first kappa shape index (κ1) is 8.87. The van der Waals surface area contributed by atoms with Gasteiger partial charge in [0.15, 0.2) is 0 Å². The van der Waals surface area contributed by atoms with Crippen LogP contribution in [0.1, 0.15) is 32.6 Å². The first-order valence-corrected chi connectivity index (χ1v) is 6.31. The van der Waals surface area contributed by atoms with Gasteiger partial charge in [0.05, 0.1) is 11.9 Å². The topological polar surface area (TPSA) is 9.23 Å². The fourth-order valence-electron chi connectivity index (χ4n) is 3.97. The van der Waals surface area contributed by atoms with Crippen LogP contribution in [0, 0.1) is 23.2 Å². The van der Waals surface area contributed by atoms with E-state index in [0.29, 0.717) is 10.7 Å². The van der Waals surface area contributed by atoms with Crippen molar-refractivity contribution in [3.63, 3.8) is 0 Å². The molecule has 0 radical (unpaired) electrons. The Morgan fingerprint density at radius 3 is 3.08 bits per heavy atom. The molecule has 3 heteroatoms. The number of hydrogen-bond donors (Lipinski definition) is 0. The predicted octanol–water partition coefficient (Wildman–Crippen LogP) is 3.63. The van der Waals surface area contributed by atoms with Gasteiger partial charge in [0.2, 0.25) is 0 Å². The van der Waals surface area contributed by atoms with Crippen molar-refractivity contribution in [2.45, 2.75) is 37.9 Å². The van der Waals surface area contributed by atoms with Gasteiger partial charge in [-0.25, -0.2) is 3.74 Å². The third kappa shape index (κ3) is 1.12. The molecular weight excluding hydrogens is 204 g/mol. The van der Waals surface area contributed by atoms with Crippen molar-refractivity contribution >= 4 is 23.9 Å². The molecular formula is C10H15ClOS. The molecule has 0 bridgehead atoms. The maximum Gasteiger partial charge on any atom is 0.0753 e. The molecule has 3 aliphatic carbocycles. The van der Waals surface area contributed by atoms with E-state index >= 15 is 0 Å². The third-order valence-electron chi connectivity index (χ3n) is 4.70. The summed E-state index contributed by atoms with van der Waals surface area (Å²) in [6, 6.07) is 0. The average Bonchev–Trinajstić information content (AvgIpc) is 2.46. The molecule has 0 aromatic carbocycles. The highest BCUT2D eigenvalue weighted by Gasteiger charge is 2.71. The van der Waals surface area contributed by atoms with Gasteiger partial charge in [-0.05, 0) is 48.9 Å². The number of halogens is 1. The third-order valence-corrected chi connectivity index (χ3v) is 5.66. The smallest absolute Gasteiger partial charge is 0.0753 e. The first-order valence-electron chi connectivity index (χ1n) is 5.20. The van der Waals surface area contributed by atoms with Crippen LogP contribution in [-0.2, 0) is 3.74 Å². The molecule has 74 valence electrons. The number of rotatable bonds is 2. The van der Waals surface area contributed by atoms with Crippen LogP contribution in [0.5, 0.6) is 0 Å². The molecule has 5 atom stereocenters. The Balaban J connectivity index is 1.71.